The number of anilines is 2. The summed E-state index contributed by atoms with van der Waals surface area (Å²) in [6.07, 6.45) is 2.42. The van der Waals surface area contributed by atoms with Crippen LogP contribution in [0.15, 0.2) is 41.3 Å². The first-order valence-electron chi connectivity index (χ1n) is 9.59. The lowest BCUT2D eigenvalue weighted by Crippen LogP contribution is -2.24. The lowest BCUT2D eigenvalue weighted by molar-refractivity contribution is 0.102. The van der Waals surface area contributed by atoms with E-state index in [2.05, 4.69) is 14.9 Å². The van der Waals surface area contributed by atoms with E-state index in [1.54, 1.807) is 19.9 Å². The van der Waals surface area contributed by atoms with Crippen LogP contribution in [-0.4, -0.2) is 34.0 Å². The van der Waals surface area contributed by atoms with Crippen LogP contribution in [-0.2, 0) is 10.0 Å². The highest BCUT2D eigenvalue weighted by molar-refractivity contribution is 7.89. The van der Waals surface area contributed by atoms with Gasteiger partial charge >= 0.3 is 0 Å². The quantitative estimate of drug-likeness (QED) is 0.777. The van der Waals surface area contributed by atoms with Gasteiger partial charge in [-0.05, 0) is 68.1 Å². The number of hydrogen-bond donors (Lipinski definition) is 2. The molecule has 1 fully saturated rings. The Labute approximate surface area is 167 Å². The van der Waals surface area contributed by atoms with E-state index >= 15 is 0 Å². The third-order valence-electron chi connectivity index (χ3n) is 5.00. The van der Waals surface area contributed by atoms with Crippen molar-refractivity contribution in [2.45, 2.75) is 38.5 Å². The molecule has 0 unspecified atom stereocenters. The maximum Gasteiger partial charge on any atom is 0.255 e. The van der Waals surface area contributed by atoms with Gasteiger partial charge in [0.2, 0.25) is 10.0 Å². The summed E-state index contributed by atoms with van der Waals surface area (Å²) in [5.74, 6) is -0.320. The van der Waals surface area contributed by atoms with Crippen molar-refractivity contribution >= 4 is 27.3 Å². The number of benzene rings is 2. The Morgan fingerprint density at radius 1 is 1.04 bits per heavy atom. The Morgan fingerprint density at radius 2 is 1.75 bits per heavy atom. The van der Waals surface area contributed by atoms with Gasteiger partial charge in [-0.25, -0.2) is 13.1 Å². The molecule has 2 aromatic carbocycles. The topological polar surface area (TPSA) is 78.5 Å². The second-order valence-electron chi connectivity index (χ2n) is 7.13. The Bertz CT molecular complexity index is 980. The summed E-state index contributed by atoms with van der Waals surface area (Å²) in [4.78, 5) is 15.2. The van der Waals surface area contributed by atoms with Gasteiger partial charge in [0.25, 0.3) is 5.91 Å². The minimum atomic E-state index is -3.61. The number of carbonyl (C=O) groups is 1. The van der Waals surface area contributed by atoms with Crippen molar-refractivity contribution in [1.82, 2.24) is 4.72 Å². The average molecular weight is 402 g/mol. The number of amides is 1. The highest BCUT2D eigenvalue weighted by Gasteiger charge is 2.18. The monoisotopic (exact) mass is 401 g/mol. The largest absolute Gasteiger partial charge is 0.371 e. The van der Waals surface area contributed by atoms with Crippen LogP contribution in [0.2, 0.25) is 0 Å². The molecule has 0 spiro atoms. The van der Waals surface area contributed by atoms with Crippen molar-refractivity contribution in [2.24, 2.45) is 0 Å². The summed E-state index contributed by atoms with van der Waals surface area (Å²) < 4.78 is 26.9. The highest BCUT2D eigenvalue weighted by atomic mass is 32.2. The summed E-state index contributed by atoms with van der Waals surface area (Å²) in [6, 6.07) is 10.5. The summed E-state index contributed by atoms with van der Waals surface area (Å²) >= 11 is 0. The normalized spacial score (nSPS) is 14.3. The first kappa shape index (κ1) is 20.4. The molecule has 7 heteroatoms. The molecule has 0 aliphatic carbocycles. The fourth-order valence-electron chi connectivity index (χ4n) is 3.53. The van der Waals surface area contributed by atoms with E-state index in [-0.39, 0.29) is 10.8 Å². The predicted octanol–water partition coefficient (Wildman–Crippen LogP) is 3.45. The number of nitrogens with zero attached hydrogens (tertiary/aromatic N) is 1. The first-order valence-corrected chi connectivity index (χ1v) is 11.1. The Morgan fingerprint density at radius 3 is 2.39 bits per heavy atom. The van der Waals surface area contributed by atoms with Crippen molar-refractivity contribution in [3.8, 4) is 0 Å². The third-order valence-corrected chi connectivity index (χ3v) is 6.54. The van der Waals surface area contributed by atoms with Gasteiger partial charge in [-0.15, -0.1) is 0 Å². The zero-order chi connectivity index (χ0) is 20.3. The van der Waals surface area contributed by atoms with Crippen molar-refractivity contribution in [3.05, 3.63) is 53.1 Å². The summed E-state index contributed by atoms with van der Waals surface area (Å²) in [5, 5.41) is 2.90. The molecule has 1 amide bonds. The van der Waals surface area contributed by atoms with E-state index in [9.17, 15) is 13.2 Å². The smallest absolute Gasteiger partial charge is 0.255 e. The van der Waals surface area contributed by atoms with E-state index in [1.807, 2.05) is 25.1 Å². The molecule has 28 heavy (non-hydrogen) atoms. The minimum Gasteiger partial charge on any atom is -0.371 e. The van der Waals surface area contributed by atoms with Crippen LogP contribution in [0.4, 0.5) is 11.4 Å². The number of rotatable bonds is 6. The van der Waals surface area contributed by atoms with Crippen LogP contribution in [0, 0.1) is 13.8 Å². The molecular weight excluding hydrogens is 374 g/mol. The summed E-state index contributed by atoms with van der Waals surface area (Å²) in [5.41, 5.74) is 4.08. The van der Waals surface area contributed by atoms with E-state index in [0.717, 1.165) is 24.2 Å². The lowest BCUT2D eigenvalue weighted by atomic mass is 10.1. The number of carbonyl (C=O) groups excluding carboxylic acids is 1. The average Bonchev–Trinajstić information content (AvgIpc) is 3.16. The lowest BCUT2D eigenvalue weighted by Gasteiger charge is -2.21. The zero-order valence-electron chi connectivity index (χ0n) is 16.6. The standard InChI is InChI=1S/C21H27N3O3S/c1-4-22-28(26,27)18-9-7-15(2)19(14-18)21(25)23-17-8-10-20(16(3)13-17)24-11-5-6-12-24/h7-10,13-14,22H,4-6,11-12H2,1-3H3,(H,23,25). The molecule has 1 heterocycles. The predicted molar refractivity (Wildman–Crippen MR) is 113 cm³/mol. The van der Waals surface area contributed by atoms with E-state index in [1.165, 1.54) is 30.7 Å². The molecule has 0 atom stereocenters. The van der Waals surface area contributed by atoms with Crippen molar-refractivity contribution in [2.75, 3.05) is 29.9 Å². The minimum absolute atomic E-state index is 0.0886. The number of sulfonamides is 1. The molecule has 6 nitrogen and oxygen atoms in total. The molecule has 0 aromatic heterocycles. The molecule has 150 valence electrons. The molecular formula is C21H27N3O3S. The van der Waals surface area contributed by atoms with Crippen molar-refractivity contribution in [3.63, 3.8) is 0 Å². The zero-order valence-corrected chi connectivity index (χ0v) is 17.4. The van der Waals surface area contributed by atoms with Crippen LogP contribution >= 0.6 is 0 Å². The third kappa shape index (κ3) is 4.36. The molecule has 3 rings (SSSR count). The van der Waals surface area contributed by atoms with Crippen molar-refractivity contribution in [1.29, 1.82) is 0 Å². The number of aryl methyl sites for hydroxylation is 2. The maximum atomic E-state index is 12.8. The molecule has 0 radical (unpaired) electrons. The SMILES string of the molecule is CCNS(=O)(=O)c1ccc(C)c(C(=O)Nc2ccc(N3CCCC3)c(C)c2)c1. The molecule has 1 aliphatic heterocycles. The second kappa shape index (κ2) is 8.32. The van der Waals surface area contributed by atoms with E-state index < -0.39 is 10.0 Å². The van der Waals surface area contributed by atoms with Crippen LogP contribution in [0.5, 0.6) is 0 Å². The highest BCUT2D eigenvalue weighted by Crippen LogP contribution is 2.27. The van der Waals surface area contributed by atoms with Crippen LogP contribution in [0.3, 0.4) is 0 Å². The summed E-state index contributed by atoms with van der Waals surface area (Å²) in [7, 11) is -3.61. The van der Waals surface area contributed by atoms with Gasteiger partial charge < -0.3 is 10.2 Å². The molecule has 1 saturated heterocycles. The molecule has 2 aromatic rings. The number of nitrogens with one attached hydrogen (secondary N) is 2. The van der Waals surface area contributed by atoms with E-state index in [0.29, 0.717) is 17.8 Å². The van der Waals surface area contributed by atoms with Crippen molar-refractivity contribution < 1.29 is 13.2 Å². The fourth-order valence-corrected chi connectivity index (χ4v) is 4.60. The van der Waals surface area contributed by atoms with Gasteiger partial charge in [0.1, 0.15) is 0 Å². The summed E-state index contributed by atoms with van der Waals surface area (Å²) in [6.45, 7) is 7.98. The molecule has 2 N–H and O–H groups in total. The van der Waals surface area contributed by atoms with Gasteiger partial charge in [-0.2, -0.15) is 0 Å². The van der Waals surface area contributed by atoms with Gasteiger partial charge in [0, 0.05) is 36.6 Å². The number of hydrogen-bond acceptors (Lipinski definition) is 4. The Kier molecular flexibility index (Phi) is 6.05. The molecule has 0 bridgehead atoms. The second-order valence-corrected chi connectivity index (χ2v) is 8.89. The van der Waals surface area contributed by atoms with Crippen LogP contribution < -0.4 is 14.9 Å². The van der Waals surface area contributed by atoms with Gasteiger partial charge in [-0.1, -0.05) is 13.0 Å². The molecule has 1 aliphatic rings. The van der Waals surface area contributed by atoms with Crippen LogP contribution in [0.1, 0.15) is 41.3 Å². The Hall–Kier alpha value is -2.38. The van der Waals surface area contributed by atoms with Crippen LogP contribution in [0.25, 0.3) is 0 Å². The van der Waals surface area contributed by atoms with Gasteiger partial charge in [0.15, 0.2) is 0 Å². The first-order chi connectivity index (χ1) is 13.3. The van der Waals surface area contributed by atoms with E-state index in [4.69, 9.17) is 0 Å². The van der Waals surface area contributed by atoms with Gasteiger partial charge in [-0.3, -0.25) is 4.79 Å². The fraction of sp³-hybridized carbons (Fsp3) is 0.381. The molecule has 0 saturated carbocycles. The van der Waals surface area contributed by atoms with Gasteiger partial charge in [0.05, 0.1) is 4.90 Å². The Balaban J connectivity index is 1.82. The maximum absolute atomic E-state index is 12.8.